The average Bonchev–Trinajstić information content (AvgIpc) is 2.18. The van der Waals surface area contributed by atoms with Crippen LogP contribution >= 0.6 is 27.5 Å². The zero-order chi connectivity index (χ0) is 12.3. The van der Waals surface area contributed by atoms with Gasteiger partial charge >= 0.3 is 6.36 Å². The van der Waals surface area contributed by atoms with Crippen molar-refractivity contribution >= 4 is 33.3 Å². The van der Waals surface area contributed by atoms with E-state index < -0.39 is 12.1 Å². The van der Waals surface area contributed by atoms with Gasteiger partial charge in [0.05, 0.1) is 10.4 Å². The Hall–Kier alpha value is -0.750. The molecule has 1 rings (SSSR count). The second kappa shape index (κ2) is 5.05. The van der Waals surface area contributed by atoms with Gasteiger partial charge in [0.25, 0.3) is 0 Å². The van der Waals surface area contributed by atoms with Gasteiger partial charge in [0, 0.05) is 5.56 Å². The van der Waals surface area contributed by atoms with Crippen LogP contribution in [0.1, 0.15) is 10.4 Å². The quantitative estimate of drug-likeness (QED) is 0.626. The largest absolute Gasteiger partial charge is 0.573 e. The number of carbonyl (C=O) groups is 1. The summed E-state index contributed by atoms with van der Waals surface area (Å²) in [6.45, 7) is 0. The van der Waals surface area contributed by atoms with Crippen LogP contribution in [0.15, 0.2) is 22.7 Å². The van der Waals surface area contributed by atoms with Gasteiger partial charge in [-0.15, -0.1) is 24.8 Å². The third kappa shape index (κ3) is 3.68. The molecule has 88 valence electrons. The molecule has 0 aliphatic carbocycles. The molecule has 0 bridgehead atoms. The number of halogens is 5. The molecule has 0 aromatic heterocycles. The van der Waals surface area contributed by atoms with Crippen LogP contribution in [-0.4, -0.2) is 18.0 Å². The summed E-state index contributed by atoms with van der Waals surface area (Å²) in [5.41, 5.74) is 0.219. The van der Waals surface area contributed by atoms with E-state index in [-0.39, 0.29) is 21.7 Å². The minimum Gasteiger partial charge on any atom is -0.405 e. The maximum atomic E-state index is 11.9. The molecule has 0 aliphatic heterocycles. The van der Waals surface area contributed by atoms with E-state index in [2.05, 4.69) is 20.7 Å². The SMILES string of the molecule is O=C(CCl)c1ccc(OC(F)(F)F)c(Br)c1. The highest BCUT2D eigenvalue weighted by atomic mass is 79.9. The van der Waals surface area contributed by atoms with Crippen molar-refractivity contribution in [3.8, 4) is 5.75 Å². The van der Waals surface area contributed by atoms with Crippen molar-refractivity contribution in [3.63, 3.8) is 0 Å². The molecule has 0 N–H and O–H groups in total. The van der Waals surface area contributed by atoms with Crippen molar-refractivity contribution in [1.82, 2.24) is 0 Å². The van der Waals surface area contributed by atoms with Gasteiger partial charge in [0.1, 0.15) is 5.75 Å². The fraction of sp³-hybridized carbons (Fsp3) is 0.222. The lowest BCUT2D eigenvalue weighted by Crippen LogP contribution is -2.17. The van der Waals surface area contributed by atoms with Crippen molar-refractivity contribution in [2.45, 2.75) is 6.36 Å². The van der Waals surface area contributed by atoms with Gasteiger partial charge in [-0.1, -0.05) is 0 Å². The van der Waals surface area contributed by atoms with E-state index in [1.807, 2.05) is 0 Å². The molecule has 0 fully saturated rings. The first kappa shape index (κ1) is 13.3. The fourth-order valence-electron chi connectivity index (χ4n) is 0.959. The molecular formula is C9H5BrClF3O2. The van der Waals surface area contributed by atoms with Gasteiger partial charge < -0.3 is 4.74 Å². The predicted octanol–water partition coefficient (Wildman–Crippen LogP) is 3.77. The van der Waals surface area contributed by atoms with Crippen LogP contribution in [-0.2, 0) is 0 Å². The molecule has 0 saturated heterocycles. The number of ether oxygens (including phenoxy) is 1. The first-order valence-corrected chi connectivity index (χ1v) is 5.30. The molecule has 0 amide bonds. The third-order valence-electron chi connectivity index (χ3n) is 1.60. The average molecular weight is 317 g/mol. The summed E-state index contributed by atoms with van der Waals surface area (Å²) >= 11 is 8.19. The Bertz CT molecular complexity index is 406. The Morgan fingerprint density at radius 2 is 2.06 bits per heavy atom. The summed E-state index contributed by atoms with van der Waals surface area (Å²) < 4.78 is 39.5. The van der Waals surface area contributed by atoms with Crippen LogP contribution in [0.3, 0.4) is 0 Å². The summed E-state index contributed by atoms with van der Waals surface area (Å²) in [5, 5.41) is 0. The zero-order valence-electron chi connectivity index (χ0n) is 7.65. The standard InChI is InChI=1S/C9H5BrClF3O2/c10-6-3-5(7(15)4-11)1-2-8(6)16-9(12,13)14/h1-3H,4H2. The molecule has 0 aliphatic rings. The lowest BCUT2D eigenvalue weighted by Gasteiger charge is -2.10. The lowest BCUT2D eigenvalue weighted by molar-refractivity contribution is -0.274. The van der Waals surface area contributed by atoms with Gasteiger partial charge in [0.2, 0.25) is 0 Å². The van der Waals surface area contributed by atoms with Crippen LogP contribution in [0.2, 0.25) is 0 Å². The molecule has 0 radical (unpaired) electrons. The first-order chi connectivity index (χ1) is 7.33. The van der Waals surface area contributed by atoms with Crippen LogP contribution in [0.4, 0.5) is 13.2 Å². The van der Waals surface area contributed by atoms with E-state index >= 15 is 0 Å². The highest BCUT2D eigenvalue weighted by Gasteiger charge is 2.32. The van der Waals surface area contributed by atoms with E-state index in [0.29, 0.717) is 0 Å². The molecule has 0 atom stereocenters. The molecule has 0 spiro atoms. The smallest absolute Gasteiger partial charge is 0.405 e. The van der Waals surface area contributed by atoms with Crippen LogP contribution in [0, 0.1) is 0 Å². The van der Waals surface area contributed by atoms with E-state index in [9.17, 15) is 18.0 Å². The van der Waals surface area contributed by atoms with E-state index in [0.717, 1.165) is 6.07 Å². The Kier molecular flexibility index (Phi) is 4.21. The molecule has 0 heterocycles. The summed E-state index contributed by atoms with van der Waals surface area (Å²) in [5.74, 6) is -1.01. The number of hydrogen-bond donors (Lipinski definition) is 0. The fourth-order valence-corrected chi connectivity index (χ4v) is 1.57. The molecule has 0 unspecified atom stereocenters. The first-order valence-electron chi connectivity index (χ1n) is 3.98. The van der Waals surface area contributed by atoms with Gasteiger partial charge in [-0.05, 0) is 34.1 Å². The number of alkyl halides is 4. The van der Waals surface area contributed by atoms with Crippen molar-refractivity contribution in [2.75, 3.05) is 5.88 Å². The van der Waals surface area contributed by atoms with E-state index in [4.69, 9.17) is 11.6 Å². The van der Waals surface area contributed by atoms with E-state index in [1.54, 1.807) is 0 Å². The monoisotopic (exact) mass is 316 g/mol. The minimum absolute atomic E-state index is 0.0424. The molecule has 0 saturated carbocycles. The van der Waals surface area contributed by atoms with Gasteiger partial charge in [-0.2, -0.15) is 0 Å². The van der Waals surface area contributed by atoms with Gasteiger partial charge in [-0.25, -0.2) is 0 Å². The summed E-state index contributed by atoms with van der Waals surface area (Å²) in [6, 6.07) is 3.50. The van der Waals surface area contributed by atoms with Crippen molar-refractivity contribution in [3.05, 3.63) is 28.2 Å². The number of ketones is 1. The van der Waals surface area contributed by atoms with Crippen LogP contribution in [0.25, 0.3) is 0 Å². The normalized spacial score (nSPS) is 11.3. The van der Waals surface area contributed by atoms with Crippen molar-refractivity contribution in [1.29, 1.82) is 0 Å². The topological polar surface area (TPSA) is 26.3 Å². The highest BCUT2D eigenvalue weighted by Crippen LogP contribution is 2.31. The number of hydrogen-bond acceptors (Lipinski definition) is 2. The molecule has 16 heavy (non-hydrogen) atoms. The van der Waals surface area contributed by atoms with Crippen LogP contribution in [0.5, 0.6) is 5.75 Å². The summed E-state index contributed by atoms with van der Waals surface area (Å²) in [7, 11) is 0. The third-order valence-corrected chi connectivity index (χ3v) is 2.46. The second-order valence-electron chi connectivity index (χ2n) is 2.75. The van der Waals surface area contributed by atoms with Crippen molar-refractivity contribution < 1.29 is 22.7 Å². The van der Waals surface area contributed by atoms with E-state index in [1.165, 1.54) is 12.1 Å². The Morgan fingerprint density at radius 3 is 2.50 bits per heavy atom. The maximum Gasteiger partial charge on any atom is 0.573 e. The number of Topliss-reactive ketones (excluding diaryl/α,β-unsaturated/α-hetero) is 1. The summed E-state index contributed by atoms with van der Waals surface area (Å²) in [4.78, 5) is 11.1. The molecular weight excluding hydrogens is 312 g/mol. The lowest BCUT2D eigenvalue weighted by atomic mass is 10.1. The Balaban J connectivity index is 2.96. The number of rotatable bonds is 3. The van der Waals surface area contributed by atoms with Gasteiger partial charge in [-0.3, -0.25) is 4.79 Å². The summed E-state index contributed by atoms with van der Waals surface area (Å²) in [6.07, 6.45) is -4.76. The molecule has 1 aromatic rings. The highest BCUT2D eigenvalue weighted by molar-refractivity contribution is 9.10. The van der Waals surface area contributed by atoms with Gasteiger partial charge in [0.15, 0.2) is 5.78 Å². The minimum atomic E-state index is -4.76. The maximum absolute atomic E-state index is 11.9. The second-order valence-corrected chi connectivity index (χ2v) is 3.87. The zero-order valence-corrected chi connectivity index (χ0v) is 9.99. The van der Waals surface area contributed by atoms with Crippen molar-refractivity contribution in [2.24, 2.45) is 0 Å². The predicted molar refractivity (Wildman–Crippen MR) is 55.9 cm³/mol. The van der Waals surface area contributed by atoms with Crippen LogP contribution < -0.4 is 4.74 Å². The molecule has 2 nitrogen and oxygen atoms in total. The Labute approximate surface area is 102 Å². The molecule has 1 aromatic carbocycles. The Morgan fingerprint density at radius 1 is 1.44 bits per heavy atom. The number of benzene rings is 1. The molecule has 7 heteroatoms. The number of carbonyl (C=O) groups excluding carboxylic acids is 1.